The molecule has 1 aliphatic carbocycles. The van der Waals surface area contributed by atoms with Crippen LogP contribution in [0.4, 0.5) is 0 Å². The van der Waals surface area contributed by atoms with E-state index in [2.05, 4.69) is 50.5 Å². The van der Waals surface area contributed by atoms with E-state index in [4.69, 9.17) is 0 Å². The van der Waals surface area contributed by atoms with Gasteiger partial charge in [-0.15, -0.1) is 0 Å². The van der Waals surface area contributed by atoms with Crippen LogP contribution < -0.4 is 0 Å². The number of allylic oxidation sites excluding steroid dienone is 4. The minimum absolute atomic E-state index is 0.325. The second-order valence-corrected chi connectivity index (χ2v) is 10.0. The maximum atomic E-state index is 2.40. The summed E-state index contributed by atoms with van der Waals surface area (Å²) in [6.45, 7) is 6.82. The van der Waals surface area contributed by atoms with E-state index >= 15 is 0 Å². The van der Waals surface area contributed by atoms with Gasteiger partial charge in [-0.3, -0.25) is 0 Å². The van der Waals surface area contributed by atoms with E-state index in [1.54, 1.807) is 4.35 Å². The quantitative estimate of drug-likeness (QED) is 0.553. The van der Waals surface area contributed by atoms with Crippen molar-refractivity contribution in [3.63, 3.8) is 0 Å². The molecule has 0 amide bonds. The van der Waals surface area contributed by atoms with E-state index in [1.807, 2.05) is 0 Å². The average molecular weight is 223 g/mol. The normalized spacial score (nSPS) is 16.8. The van der Waals surface area contributed by atoms with Gasteiger partial charge in [0, 0.05) is 0 Å². The molecule has 0 fully saturated rings. The number of hydrogen-bond donors (Lipinski definition) is 0. The molecule has 0 heterocycles. The molecular weight excluding hydrogens is 205 g/mol. The zero-order valence-corrected chi connectivity index (χ0v) is 10.8. The van der Waals surface area contributed by atoms with Crippen LogP contribution in [0, 0.1) is 5.41 Å². The summed E-state index contributed by atoms with van der Waals surface area (Å²) in [6.07, 6.45) is 7.00. The first-order valence-electron chi connectivity index (χ1n) is 4.49. The zero-order valence-electron chi connectivity index (χ0n) is 8.73. The van der Waals surface area contributed by atoms with Crippen LogP contribution in [-0.4, -0.2) is 18.3 Å². The van der Waals surface area contributed by atoms with Crippen LogP contribution in [0.5, 0.6) is 0 Å². The predicted octanol–water partition coefficient (Wildman–Crippen LogP) is 3.04. The van der Waals surface area contributed by atoms with Crippen molar-refractivity contribution in [2.24, 2.45) is 5.41 Å². The molecular formula is C11H18Ge. The van der Waals surface area contributed by atoms with Crippen LogP contribution in [0.25, 0.3) is 0 Å². The number of hydrogen-bond acceptors (Lipinski definition) is 0. The molecule has 0 unspecified atom stereocenters. The first-order valence-corrected chi connectivity index (χ1v) is 9.73. The van der Waals surface area contributed by atoms with Gasteiger partial charge in [0.1, 0.15) is 0 Å². The Labute approximate surface area is 80.0 Å². The second kappa shape index (κ2) is 3.33. The average Bonchev–Trinajstić information content (AvgIpc) is 2.30. The van der Waals surface area contributed by atoms with Gasteiger partial charge in [-0.2, -0.15) is 0 Å². The topological polar surface area (TPSA) is 0 Å². The van der Waals surface area contributed by atoms with Crippen molar-refractivity contribution in [3.05, 3.63) is 23.8 Å². The van der Waals surface area contributed by atoms with Crippen LogP contribution in [-0.2, 0) is 0 Å². The molecule has 0 spiro atoms. The van der Waals surface area contributed by atoms with Crippen molar-refractivity contribution in [2.75, 3.05) is 0 Å². The molecule has 1 rings (SSSR count). The minimum atomic E-state index is -0.827. The maximum absolute atomic E-state index is 2.40. The fraction of sp³-hybridized carbons (Fsp3) is 0.545. The Morgan fingerprint density at radius 2 is 1.67 bits per heavy atom. The Bertz CT molecular complexity index is 268. The van der Waals surface area contributed by atoms with Gasteiger partial charge in [0.25, 0.3) is 0 Å². The van der Waals surface area contributed by atoms with E-state index < -0.39 is 13.9 Å². The second-order valence-electron chi connectivity index (χ2n) is 4.64. The van der Waals surface area contributed by atoms with Gasteiger partial charge in [0.15, 0.2) is 0 Å². The standard InChI is InChI=1S/C11H18Ge/c1-11(2,3)9-6-7-10(8-9)12(4)5/h6-8H,1-5H3. The molecule has 0 bridgehead atoms. The Hall–Kier alpha value is -0.107. The summed E-state index contributed by atoms with van der Waals surface area (Å²) in [6, 6.07) is 0. The van der Waals surface area contributed by atoms with Crippen molar-refractivity contribution >= 4 is 18.3 Å². The summed E-state index contributed by atoms with van der Waals surface area (Å²) in [4.78, 5) is 0. The Morgan fingerprint density at radius 3 is 1.92 bits per heavy atom. The first kappa shape index (κ1) is 9.98. The molecule has 0 N–H and O–H groups in total. The molecule has 1 heteroatoms. The van der Waals surface area contributed by atoms with Crippen molar-refractivity contribution in [2.45, 2.75) is 32.3 Å². The van der Waals surface area contributed by atoms with Gasteiger partial charge in [-0.05, 0) is 0 Å². The Kier molecular flexibility index (Phi) is 2.77. The van der Waals surface area contributed by atoms with Gasteiger partial charge in [0.2, 0.25) is 0 Å². The van der Waals surface area contributed by atoms with Crippen LogP contribution in [0.1, 0.15) is 20.8 Å². The number of rotatable bonds is 0. The fourth-order valence-electron chi connectivity index (χ4n) is 1.22. The first-order chi connectivity index (χ1) is 5.41. The summed E-state index contributed by atoms with van der Waals surface area (Å²) in [5.41, 5.74) is 1.82. The molecule has 0 nitrogen and oxygen atoms in total. The Balaban J connectivity index is 2.97. The summed E-state index contributed by atoms with van der Waals surface area (Å²) in [5, 5.41) is 0. The van der Waals surface area contributed by atoms with Crippen molar-refractivity contribution in [3.8, 4) is 0 Å². The van der Waals surface area contributed by atoms with Gasteiger partial charge >= 0.3 is 79.8 Å². The van der Waals surface area contributed by atoms with Crippen LogP contribution >= 0.6 is 0 Å². The summed E-state index contributed by atoms with van der Waals surface area (Å²) in [7, 11) is 0. The van der Waals surface area contributed by atoms with E-state index in [1.165, 1.54) is 5.57 Å². The van der Waals surface area contributed by atoms with Gasteiger partial charge in [-0.1, -0.05) is 0 Å². The molecule has 0 aromatic heterocycles. The summed E-state index contributed by atoms with van der Waals surface area (Å²) >= 11 is -0.827. The van der Waals surface area contributed by atoms with Crippen molar-refractivity contribution in [1.82, 2.24) is 0 Å². The van der Waals surface area contributed by atoms with E-state index in [-0.39, 0.29) is 0 Å². The monoisotopic (exact) mass is 224 g/mol. The van der Waals surface area contributed by atoms with Gasteiger partial charge in [-0.25, -0.2) is 0 Å². The molecule has 1 aliphatic rings. The molecule has 0 radical (unpaired) electrons. The summed E-state index contributed by atoms with van der Waals surface area (Å²) in [5.74, 6) is 4.81. The van der Waals surface area contributed by atoms with Crippen LogP contribution in [0.2, 0.25) is 11.5 Å². The van der Waals surface area contributed by atoms with Crippen LogP contribution in [0.3, 0.4) is 0 Å². The molecule has 0 aromatic rings. The van der Waals surface area contributed by atoms with Crippen molar-refractivity contribution in [1.29, 1.82) is 0 Å². The predicted molar refractivity (Wildman–Crippen MR) is 59.2 cm³/mol. The Morgan fingerprint density at radius 1 is 1.08 bits per heavy atom. The van der Waals surface area contributed by atoms with E-state index in [9.17, 15) is 0 Å². The molecule has 12 heavy (non-hydrogen) atoms. The van der Waals surface area contributed by atoms with Gasteiger partial charge < -0.3 is 0 Å². The molecule has 66 valence electrons. The third-order valence-corrected chi connectivity index (χ3v) is 5.27. The SMILES string of the molecule is [CH3][Ge]([CH3])=[C]1C=CC(C(C)(C)C)=C1. The molecule has 0 saturated carbocycles. The molecule has 0 atom stereocenters. The molecule has 0 saturated heterocycles. The zero-order chi connectivity index (χ0) is 9.35. The van der Waals surface area contributed by atoms with Crippen LogP contribution in [0.15, 0.2) is 23.8 Å². The van der Waals surface area contributed by atoms with E-state index in [0.717, 1.165) is 0 Å². The summed E-state index contributed by atoms with van der Waals surface area (Å²) < 4.78 is 1.62. The molecule has 0 aliphatic heterocycles. The third kappa shape index (κ3) is 2.19. The van der Waals surface area contributed by atoms with Crippen molar-refractivity contribution < 1.29 is 0 Å². The fourth-order valence-corrected chi connectivity index (χ4v) is 3.03. The third-order valence-electron chi connectivity index (χ3n) is 2.20. The van der Waals surface area contributed by atoms with Gasteiger partial charge in [0.05, 0.1) is 0 Å². The molecule has 0 aromatic carbocycles. The van der Waals surface area contributed by atoms with E-state index in [0.29, 0.717) is 5.41 Å².